The third-order valence-corrected chi connectivity index (χ3v) is 5.91. The quantitative estimate of drug-likeness (QED) is 0.712. The van der Waals surface area contributed by atoms with Crippen LogP contribution in [-0.4, -0.2) is 14.5 Å². The minimum Gasteiger partial charge on any atom is -0.323 e. The number of pyridine rings is 1. The van der Waals surface area contributed by atoms with E-state index in [0.717, 1.165) is 52.8 Å². The van der Waals surface area contributed by atoms with Gasteiger partial charge in [0, 0.05) is 12.5 Å². The zero-order valence-corrected chi connectivity index (χ0v) is 14.1. The van der Waals surface area contributed by atoms with Crippen molar-refractivity contribution in [1.29, 1.82) is 10.5 Å². The van der Waals surface area contributed by atoms with Gasteiger partial charge in [-0.25, -0.2) is 4.98 Å². The van der Waals surface area contributed by atoms with E-state index in [-0.39, 0.29) is 0 Å². The van der Waals surface area contributed by atoms with Crippen LogP contribution in [-0.2, 0) is 6.42 Å². The molecule has 0 aromatic carbocycles. The molecule has 0 radical (unpaired) electrons. The Morgan fingerprint density at radius 1 is 1.17 bits per heavy atom. The molecular formula is C18H17N5S. The van der Waals surface area contributed by atoms with Crippen LogP contribution < -0.4 is 0 Å². The van der Waals surface area contributed by atoms with E-state index < -0.39 is 0 Å². The van der Waals surface area contributed by atoms with E-state index in [4.69, 9.17) is 10.2 Å². The SMILES string of the molecule is N#CCc1nc2cnc3ccsc3c2n1[C@H]1CC[C@H](CC#N)CC1. The molecule has 1 aliphatic rings. The molecule has 24 heavy (non-hydrogen) atoms. The third kappa shape index (κ3) is 2.44. The molecule has 1 fully saturated rings. The summed E-state index contributed by atoms with van der Waals surface area (Å²) in [7, 11) is 0. The molecule has 0 saturated heterocycles. The molecule has 1 aliphatic carbocycles. The lowest BCUT2D eigenvalue weighted by molar-refractivity contribution is 0.278. The van der Waals surface area contributed by atoms with Crippen LogP contribution in [0.15, 0.2) is 17.6 Å². The Labute approximate surface area is 144 Å². The van der Waals surface area contributed by atoms with Gasteiger partial charge in [0.2, 0.25) is 0 Å². The van der Waals surface area contributed by atoms with Crippen LogP contribution in [0, 0.1) is 28.6 Å². The fraction of sp³-hybridized carbons (Fsp3) is 0.444. The van der Waals surface area contributed by atoms with E-state index in [1.165, 1.54) is 0 Å². The lowest BCUT2D eigenvalue weighted by Crippen LogP contribution is -2.19. The Bertz CT molecular complexity index is 963. The van der Waals surface area contributed by atoms with Crippen LogP contribution in [0.25, 0.3) is 21.3 Å². The standard InChI is InChI=1S/C18H17N5S/c19-8-5-12-1-3-13(4-2-12)23-16(6-9-20)22-15-11-21-14-7-10-24-18(14)17(15)23/h7,10-13H,1-6H2/t12-,13-. The molecule has 6 heteroatoms. The summed E-state index contributed by atoms with van der Waals surface area (Å²) in [5.74, 6) is 1.36. The van der Waals surface area contributed by atoms with Crippen molar-refractivity contribution < 1.29 is 0 Å². The number of imidazole rings is 1. The van der Waals surface area contributed by atoms with Crippen molar-refractivity contribution >= 4 is 32.6 Å². The Balaban J connectivity index is 1.81. The fourth-order valence-electron chi connectivity index (χ4n) is 3.85. The van der Waals surface area contributed by atoms with Gasteiger partial charge in [0.1, 0.15) is 11.3 Å². The number of nitrogens with zero attached hydrogens (tertiary/aromatic N) is 5. The number of hydrogen-bond acceptors (Lipinski definition) is 5. The molecule has 0 unspecified atom stereocenters. The largest absolute Gasteiger partial charge is 0.323 e. The van der Waals surface area contributed by atoms with Crippen LogP contribution in [0.4, 0.5) is 0 Å². The van der Waals surface area contributed by atoms with Crippen molar-refractivity contribution in [1.82, 2.24) is 14.5 Å². The number of rotatable bonds is 3. The summed E-state index contributed by atoms with van der Waals surface area (Å²) >= 11 is 1.69. The van der Waals surface area contributed by atoms with Gasteiger partial charge in [-0.3, -0.25) is 4.98 Å². The first-order valence-electron chi connectivity index (χ1n) is 8.28. The smallest absolute Gasteiger partial charge is 0.124 e. The molecule has 120 valence electrons. The lowest BCUT2D eigenvalue weighted by Gasteiger charge is -2.29. The van der Waals surface area contributed by atoms with Gasteiger partial charge < -0.3 is 4.57 Å². The molecule has 5 nitrogen and oxygen atoms in total. The summed E-state index contributed by atoms with van der Waals surface area (Å²) in [5.41, 5.74) is 3.01. The minimum absolute atomic E-state index is 0.319. The van der Waals surface area contributed by atoms with Gasteiger partial charge in [-0.15, -0.1) is 11.3 Å². The van der Waals surface area contributed by atoms with E-state index in [0.29, 0.717) is 24.8 Å². The Morgan fingerprint density at radius 2 is 2.00 bits per heavy atom. The van der Waals surface area contributed by atoms with E-state index in [1.807, 2.05) is 12.3 Å². The maximum Gasteiger partial charge on any atom is 0.124 e. The normalized spacial score (nSPS) is 20.9. The molecule has 3 aromatic rings. The lowest BCUT2D eigenvalue weighted by atomic mass is 9.84. The molecule has 0 atom stereocenters. The topological polar surface area (TPSA) is 78.3 Å². The molecule has 0 bridgehead atoms. The molecule has 1 saturated carbocycles. The van der Waals surface area contributed by atoms with Crippen molar-refractivity contribution in [2.24, 2.45) is 5.92 Å². The maximum atomic E-state index is 9.20. The number of thiophene rings is 1. The van der Waals surface area contributed by atoms with Gasteiger partial charge in [-0.05, 0) is 43.0 Å². The highest BCUT2D eigenvalue weighted by atomic mass is 32.1. The summed E-state index contributed by atoms with van der Waals surface area (Å²) in [5, 5.41) is 20.2. The van der Waals surface area contributed by atoms with Crippen LogP contribution in [0.2, 0.25) is 0 Å². The number of aromatic nitrogens is 3. The highest BCUT2D eigenvalue weighted by Gasteiger charge is 2.26. The molecular weight excluding hydrogens is 318 g/mol. The fourth-order valence-corrected chi connectivity index (χ4v) is 4.74. The molecule has 0 N–H and O–H groups in total. The Kier molecular flexibility index (Phi) is 3.92. The first-order valence-corrected chi connectivity index (χ1v) is 9.16. The van der Waals surface area contributed by atoms with E-state index in [1.54, 1.807) is 11.3 Å². The summed E-state index contributed by atoms with van der Waals surface area (Å²) in [4.78, 5) is 9.18. The van der Waals surface area contributed by atoms with Gasteiger partial charge in [-0.2, -0.15) is 10.5 Å². The minimum atomic E-state index is 0.319. The number of nitriles is 2. The average Bonchev–Trinajstić information content (AvgIpc) is 3.20. The Morgan fingerprint density at radius 3 is 2.75 bits per heavy atom. The van der Waals surface area contributed by atoms with Crippen molar-refractivity contribution in [3.8, 4) is 12.1 Å². The second-order valence-electron chi connectivity index (χ2n) is 6.40. The van der Waals surface area contributed by atoms with Crippen molar-refractivity contribution in [2.45, 2.75) is 44.6 Å². The monoisotopic (exact) mass is 335 g/mol. The van der Waals surface area contributed by atoms with Crippen molar-refractivity contribution in [3.63, 3.8) is 0 Å². The molecule has 0 aliphatic heterocycles. The van der Waals surface area contributed by atoms with Crippen LogP contribution in [0.3, 0.4) is 0 Å². The zero-order valence-electron chi connectivity index (χ0n) is 13.3. The second kappa shape index (κ2) is 6.22. The van der Waals surface area contributed by atoms with E-state index in [2.05, 4.69) is 27.1 Å². The predicted octanol–water partition coefficient (Wildman–Crippen LogP) is 4.36. The molecule has 0 spiro atoms. The molecule has 3 heterocycles. The number of hydrogen-bond donors (Lipinski definition) is 0. The van der Waals surface area contributed by atoms with E-state index in [9.17, 15) is 5.26 Å². The van der Waals surface area contributed by atoms with Crippen LogP contribution >= 0.6 is 11.3 Å². The van der Waals surface area contributed by atoms with Crippen LogP contribution in [0.1, 0.15) is 44.0 Å². The van der Waals surface area contributed by atoms with Gasteiger partial charge >= 0.3 is 0 Å². The highest BCUT2D eigenvalue weighted by molar-refractivity contribution is 7.18. The average molecular weight is 335 g/mol. The van der Waals surface area contributed by atoms with Crippen molar-refractivity contribution in [3.05, 3.63) is 23.5 Å². The first-order chi connectivity index (χ1) is 11.8. The second-order valence-corrected chi connectivity index (χ2v) is 7.31. The molecule has 0 amide bonds. The predicted molar refractivity (Wildman–Crippen MR) is 93.5 cm³/mol. The third-order valence-electron chi connectivity index (χ3n) is 5.00. The summed E-state index contributed by atoms with van der Waals surface area (Å²) in [6, 6.07) is 6.95. The van der Waals surface area contributed by atoms with Crippen LogP contribution in [0.5, 0.6) is 0 Å². The summed E-state index contributed by atoms with van der Waals surface area (Å²) in [6.45, 7) is 0. The van der Waals surface area contributed by atoms with Crippen molar-refractivity contribution in [2.75, 3.05) is 0 Å². The van der Waals surface area contributed by atoms with E-state index >= 15 is 0 Å². The zero-order chi connectivity index (χ0) is 16.5. The Hall–Kier alpha value is -2.44. The summed E-state index contributed by atoms with van der Waals surface area (Å²) < 4.78 is 3.45. The van der Waals surface area contributed by atoms with Gasteiger partial charge in [0.25, 0.3) is 0 Å². The summed E-state index contributed by atoms with van der Waals surface area (Å²) in [6.07, 6.45) is 7.03. The van der Waals surface area contributed by atoms with Gasteiger partial charge in [-0.1, -0.05) is 0 Å². The maximum absolute atomic E-state index is 9.20. The first kappa shape index (κ1) is 15.1. The molecule has 4 rings (SSSR count). The number of fused-ring (bicyclic) bond motifs is 3. The van der Waals surface area contributed by atoms with Gasteiger partial charge in [0.05, 0.1) is 40.5 Å². The van der Waals surface area contributed by atoms with Gasteiger partial charge in [0.15, 0.2) is 0 Å². The highest BCUT2D eigenvalue weighted by Crippen LogP contribution is 2.38. The molecule has 3 aromatic heterocycles.